The zero-order chi connectivity index (χ0) is 10.6. The Morgan fingerprint density at radius 3 is 2.71 bits per heavy atom. The van der Waals surface area contributed by atoms with Crippen molar-refractivity contribution in [3.8, 4) is 18.1 Å². The van der Waals surface area contributed by atoms with E-state index in [4.69, 9.17) is 11.2 Å². The maximum atomic E-state index is 13.2. The van der Waals surface area contributed by atoms with Crippen LogP contribution in [0.25, 0.3) is 0 Å². The Hall–Kier alpha value is -1.49. The van der Waals surface area contributed by atoms with Gasteiger partial charge in [-0.2, -0.15) is 0 Å². The van der Waals surface area contributed by atoms with E-state index < -0.39 is 5.82 Å². The van der Waals surface area contributed by atoms with Gasteiger partial charge in [0.25, 0.3) is 0 Å². The SMILES string of the molecule is C#Cc1ccc(OCC(C)C)cc1F. The summed E-state index contributed by atoms with van der Waals surface area (Å²) in [5.41, 5.74) is 0.266. The monoisotopic (exact) mass is 192 g/mol. The number of benzene rings is 1. The van der Waals surface area contributed by atoms with E-state index in [1.165, 1.54) is 6.07 Å². The molecule has 0 amide bonds. The summed E-state index contributed by atoms with van der Waals surface area (Å²) in [6.45, 7) is 4.65. The van der Waals surface area contributed by atoms with Crippen LogP contribution in [0.5, 0.6) is 5.75 Å². The van der Waals surface area contributed by atoms with Gasteiger partial charge in [-0.1, -0.05) is 19.8 Å². The second kappa shape index (κ2) is 4.66. The minimum absolute atomic E-state index is 0.266. The van der Waals surface area contributed by atoms with Crippen LogP contribution in [0.15, 0.2) is 18.2 Å². The van der Waals surface area contributed by atoms with E-state index in [1.54, 1.807) is 12.1 Å². The third-order valence-electron chi connectivity index (χ3n) is 1.68. The van der Waals surface area contributed by atoms with Crippen molar-refractivity contribution in [3.63, 3.8) is 0 Å². The third kappa shape index (κ3) is 2.77. The Labute approximate surface area is 83.9 Å². The molecule has 0 aliphatic carbocycles. The molecular weight excluding hydrogens is 179 g/mol. The number of halogens is 1. The topological polar surface area (TPSA) is 9.23 Å². The van der Waals surface area contributed by atoms with Crippen molar-refractivity contribution < 1.29 is 9.13 Å². The number of rotatable bonds is 3. The summed E-state index contributed by atoms with van der Waals surface area (Å²) in [7, 11) is 0. The smallest absolute Gasteiger partial charge is 0.142 e. The normalized spacial score (nSPS) is 9.93. The lowest BCUT2D eigenvalue weighted by molar-refractivity contribution is 0.270. The molecule has 2 heteroatoms. The van der Waals surface area contributed by atoms with Crippen LogP contribution >= 0.6 is 0 Å². The summed E-state index contributed by atoms with van der Waals surface area (Å²) in [6, 6.07) is 4.54. The molecule has 0 aromatic heterocycles. The molecule has 0 heterocycles. The molecule has 0 N–H and O–H groups in total. The van der Waals surface area contributed by atoms with Crippen molar-refractivity contribution >= 4 is 0 Å². The zero-order valence-electron chi connectivity index (χ0n) is 8.38. The van der Waals surface area contributed by atoms with Gasteiger partial charge in [0.15, 0.2) is 0 Å². The highest BCUT2D eigenvalue weighted by Gasteiger charge is 2.02. The summed E-state index contributed by atoms with van der Waals surface area (Å²) in [4.78, 5) is 0. The van der Waals surface area contributed by atoms with Crippen LogP contribution in [0.1, 0.15) is 19.4 Å². The van der Waals surface area contributed by atoms with Gasteiger partial charge in [0, 0.05) is 6.07 Å². The highest BCUT2D eigenvalue weighted by atomic mass is 19.1. The average molecular weight is 192 g/mol. The van der Waals surface area contributed by atoms with Gasteiger partial charge in [0.1, 0.15) is 11.6 Å². The van der Waals surface area contributed by atoms with Crippen LogP contribution < -0.4 is 4.74 Å². The Bertz CT molecular complexity index is 350. The lowest BCUT2D eigenvalue weighted by atomic mass is 10.2. The molecule has 0 spiro atoms. The van der Waals surface area contributed by atoms with Gasteiger partial charge < -0.3 is 4.74 Å². The molecule has 0 saturated heterocycles. The first-order valence-corrected chi connectivity index (χ1v) is 4.52. The molecule has 0 saturated carbocycles. The molecule has 0 aliphatic heterocycles. The zero-order valence-corrected chi connectivity index (χ0v) is 8.38. The van der Waals surface area contributed by atoms with E-state index in [1.807, 2.05) is 13.8 Å². The molecule has 74 valence electrons. The van der Waals surface area contributed by atoms with Crippen molar-refractivity contribution in [2.45, 2.75) is 13.8 Å². The van der Waals surface area contributed by atoms with Gasteiger partial charge in [-0.05, 0) is 18.1 Å². The van der Waals surface area contributed by atoms with E-state index in [-0.39, 0.29) is 5.56 Å². The number of hydrogen-bond donors (Lipinski definition) is 0. The first-order chi connectivity index (χ1) is 6.63. The van der Waals surface area contributed by atoms with Gasteiger partial charge >= 0.3 is 0 Å². The Kier molecular flexibility index (Phi) is 3.53. The summed E-state index contributed by atoms with van der Waals surface area (Å²) >= 11 is 0. The van der Waals surface area contributed by atoms with Crippen LogP contribution in [0.4, 0.5) is 4.39 Å². The largest absolute Gasteiger partial charge is 0.493 e. The fraction of sp³-hybridized carbons (Fsp3) is 0.333. The fourth-order valence-corrected chi connectivity index (χ4v) is 0.966. The number of ether oxygens (including phenoxy) is 1. The van der Waals surface area contributed by atoms with E-state index in [0.29, 0.717) is 18.3 Å². The summed E-state index contributed by atoms with van der Waals surface area (Å²) in [5, 5.41) is 0. The van der Waals surface area contributed by atoms with Crippen LogP contribution in [0, 0.1) is 24.1 Å². The molecule has 1 nitrogen and oxygen atoms in total. The molecule has 0 atom stereocenters. The molecular formula is C12H13FO. The number of hydrogen-bond acceptors (Lipinski definition) is 1. The number of terminal acetylenes is 1. The lowest BCUT2D eigenvalue weighted by Gasteiger charge is -2.08. The second-order valence-corrected chi connectivity index (χ2v) is 3.49. The van der Waals surface area contributed by atoms with Gasteiger partial charge in [-0.15, -0.1) is 6.42 Å². The molecule has 0 bridgehead atoms. The Morgan fingerprint density at radius 2 is 2.21 bits per heavy atom. The maximum absolute atomic E-state index is 13.2. The third-order valence-corrected chi connectivity index (χ3v) is 1.68. The minimum Gasteiger partial charge on any atom is -0.493 e. The maximum Gasteiger partial charge on any atom is 0.142 e. The average Bonchev–Trinajstić information content (AvgIpc) is 2.15. The van der Waals surface area contributed by atoms with Crippen molar-refractivity contribution in [1.82, 2.24) is 0 Å². The van der Waals surface area contributed by atoms with Crippen molar-refractivity contribution in [3.05, 3.63) is 29.6 Å². The van der Waals surface area contributed by atoms with Gasteiger partial charge in [-0.25, -0.2) is 4.39 Å². The molecule has 1 rings (SSSR count). The molecule has 14 heavy (non-hydrogen) atoms. The summed E-state index contributed by atoms with van der Waals surface area (Å²) in [6.07, 6.45) is 5.09. The summed E-state index contributed by atoms with van der Waals surface area (Å²) in [5.74, 6) is 2.79. The highest BCUT2D eigenvalue weighted by Crippen LogP contribution is 2.16. The molecule has 1 aromatic rings. The first kappa shape index (κ1) is 10.6. The molecule has 0 fully saturated rings. The fourth-order valence-electron chi connectivity index (χ4n) is 0.966. The van der Waals surface area contributed by atoms with E-state index >= 15 is 0 Å². The quantitative estimate of drug-likeness (QED) is 0.669. The van der Waals surface area contributed by atoms with Crippen LogP contribution in [-0.2, 0) is 0 Å². The van der Waals surface area contributed by atoms with Gasteiger partial charge in [0.05, 0.1) is 12.2 Å². The molecule has 0 aliphatic rings. The summed E-state index contributed by atoms with van der Waals surface area (Å²) < 4.78 is 18.5. The minimum atomic E-state index is -0.409. The molecule has 1 aromatic carbocycles. The van der Waals surface area contributed by atoms with Crippen LogP contribution in [0.3, 0.4) is 0 Å². The van der Waals surface area contributed by atoms with E-state index in [9.17, 15) is 4.39 Å². The van der Waals surface area contributed by atoms with Crippen molar-refractivity contribution in [1.29, 1.82) is 0 Å². The van der Waals surface area contributed by atoms with Gasteiger partial charge in [-0.3, -0.25) is 0 Å². The van der Waals surface area contributed by atoms with Crippen LogP contribution in [-0.4, -0.2) is 6.61 Å². The van der Waals surface area contributed by atoms with Crippen molar-refractivity contribution in [2.75, 3.05) is 6.61 Å². The Balaban J connectivity index is 2.73. The van der Waals surface area contributed by atoms with E-state index in [2.05, 4.69) is 5.92 Å². The van der Waals surface area contributed by atoms with E-state index in [0.717, 1.165) is 0 Å². The lowest BCUT2D eigenvalue weighted by Crippen LogP contribution is -2.04. The molecule has 0 unspecified atom stereocenters. The van der Waals surface area contributed by atoms with Gasteiger partial charge in [0.2, 0.25) is 0 Å². The first-order valence-electron chi connectivity index (χ1n) is 4.52. The Morgan fingerprint density at radius 1 is 1.50 bits per heavy atom. The van der Waals surface area contributed by atoms with Crippen LogP contribution in [0.2, 0.25) is 0 Å². The predicted molar refractivity (Wildman–Crippen MR) is 54.7 cm³/mol. The predicted octanol–water partition coefficient (Wildman–Crippen LogP) is 2.84. The highest BCUT2D eigenvalue weighted by molar-refractivity contribution is 5.38. The van der Waals surface area contributed by atoms with Crippen molar-refractivity contribution in [2.24, 2.45) is 5.92 Å². The molecule has 0 radical (unpaired) electrons. The second-order valence-electron chi connectivity index (χ2n) is 3.49. The standard InChI is InChI=1S/C12H13FO/c1-4-10-5-6-11(7-12(10)13)14-8-9(2)3/h1,5-7,9H,8H2,2-3H3.